The Labute approximate surface area is 167 Å². The van der Waals surface area contributed by atoms with Gasteiger partial charge in [-0.1, -0.05) is 36.4 Å². The van der Waals surface area contributed by atoms with E-state index in [0.717, 1.165) is 10.6 Å². The lowest BCUT2D eigenvalue weighted by molar-refractivity contribution is -0.148. The van der Waals surface area contributed by atoms with Gasteiger partial charge in [0, 0.05) is 17.1 Å². The molecule has 0 fully saturated rings. The number of esters is 1. The van der Waals surface area contributed by atoms with Crippen LogP contribution < -0.4 is 10.2 Å². The molecule has 2 aromatic carbocycles. The van der Waals surface area contributed by atoms with Gasteiger partial charge in [0.05, 0.1) is 17.4 Å². The van der Waals surface area contributed by atoms with Gasteiger partial charge in [-0.05, 0) is 24.3 Å². The van der Waals surface area contributed by atoms with Crippen LogP contribution in [-0.4, -0.2) is 36.2 Å². The van der Waals surface area contributed by atoms with E-state index in [1.54, 1.807) is 18.2 Å². The van der Waals surface area contributed by atoms with Crippen LogP contribution in [0.15, 0.2) is 72.1 Å². The van der Waals surface area contributed by atoms with Crippen LogP contribution in [0.5, 0.6) is 0 Å². The van der Waals surface area contributed by atoms with Crippen LogP contribution in [0.2, 0.25) is 0 Å². The summed E-state index contributed by atoms with van der Waals surface area (Å²) in [5.41, 5.74) is 1.43. The van der Waals surface area contributed by atoms with Crippen molar-refractivity contribution in [3.63, 3.8) is 0 Å². The number of nitrogens with zero attached hydrogens (tertiary/aromatic N) is 1. The second-order valence-corrected chi connectivity index (χ2v) is 7.33. The van der Waals surface area contributed by atoms with Crippen molar-refractivity contribution in [2.75, 3.05) is 23.4 Å². The van der Waals surface area contributed by atoms with E-state index in [4.69, 9.17) is 4.74 Å². The summed E-state index contributed by atoms with van der Waals surface area (Å²) in [5, 5.41) is 2.20. The standard InChI is InChI=1S/C21H20N2O4S/c1-2-12-23(15-8-4-3-5-9-15)19(24)14-27-20(25)13-18-21(26)22-16-10-6-7-11-17(16)28-18/h2-11,18H,1,12-14H2,(H,22,26)/t18-/m0/s1. The van der Waals surface area contributed by atoms with Gasteiger partial charge in [0.1, 0.15) is 0 Å². The van der Waals surface area contributed by atoms with Crippen molar-refractivity contribution in [1.82, 2.24) is 0 Å². The highest BCUT2D eigenvalue weighted by molar-refractivity contribution is 8.01. The Morgan fingerprint density at radius 1 is 1.14 bits per heavy atom. The lowest BCUT2D eigenvalue weighted by atomic mass is 10.2. The third-order valence-electron chi connectivity index (χ3n) is 4.10. The quantitative estimate of drug-likeness (QED) is 0.574. The van der Waals surface area contributed by atoms with E-state index in [9.17, 15) is 14.4 Å². The van der Waals surface area contributed by atoms with Crippen LogP contribution in [-0.2, 0) is 19.1 Å². The van der Waals surface area contributed by atoms with Gasteiger partial charge >= 0.3 is 5.97 Å². The first-order valence-corrected chi connectivity index (χ1v) is 9.65. The lowest BCUT2D eigenvalue weighted by Crippen LogP contribution is -2.36. The topological polar surface area (TPSA) is 75.7 Å². The smallest absolute Gasteiger partial charge is 0.307 e. The molecule has 0 saturated carbocycles. The van der Waals surface area contributed by atoms with Gasteiger partial charge in [-0.15, -0.1) is 18.3 Å². The highest BCUT2D eigenvalue weighted by Crippen LogP contribution is 2.36. The minimum Gasteiger partial charge on any atom is -0.456 e. The van der Waals surface area contributed by atoms with Crippen LogP contribution in [0.3, 0.4) is 0 Å². The molecule has 7 heteroatoms. The molecule has 1 heterocycles. The zero-order valence-electron chi connectivity index (χ0n) is 15.2. The van der Waals surface area contributed by atoms with Crippen molar-refractivity contribution in [2.24, 2.45) is 0 Å². The summed E-state index contributed by atoms with van der Waals surface area (Å²) in [4.78, 5) is 39.2. The van der Waals surface area contributed by atoms with Crippen molar-refractivity contribution in [3.05, 3.63) is 67.3 Å². The van der Waals surface area contributed by atoms with Crippen molar-refractivity contribution in [1.29, 1.82) is 0 Å². The van der Waals surface area contributed by atoms with Crippen molar-refractivity contribution in [3.8, 4) is 0 Å². The van der Waals surface area contributed by atoms with Crippen LogP contribution in [0, 0.1) is 0 Å². The highest BCUT2D eigenvalue weighted by Gasteiger charge is 2.29. The zero-order valence-corrected chi connectivity index (χ0v) is 16.0. The Morgan fingerprint density at radius 2 is 1.86 bits per heavy atom. The van der Waals surface area contributed by atoms with E-state index in [-0.39, 0.29) is 18.2 Å². The van der Waals surface area contributed by atoms with Gasteiger partial charge in [0.25, 0.3) is 5.91 Å². The normalized spacial score (nSPS) is 15.1. The maximum Gasteiger partial charge on any atom is 0.307 e. The van der Waals surface area contributed by atoms with Crippen LogP contribution in [0.25, 0.3) is 0 Å². The number of amides is 2. The molecule has 0 aliphatic carbocycles. The van der Waals surface area contributed by atoms with E-state index < -0.39 is 17.8 Å². The van der Waals surface area contributed by atoms with Gasteiger partial charge in [0.2, 0.25) is 5.91 Å². The van der Waals surface area contributed by atoms with Gasteiger partial charge in [-0.2, -0.15) is 0 Å². The van der Waals surface area contributed by atoms with Crippen molar-refractivity contribution < 1.29 is 19.1 Å². The molecule has 144 valence electrons. The number of thioether (sulfide) groups is 1. The number of hydrogen-bond donors (Lipinski definition) is 1. The second kappa shape index (κ2) is 9.23. The number of ether oxygens (including phenoxy) is 1. The minimum atomic E-state index is -0.591. The fraction of sp³-hybridized carbons (Fsp3) is 0.190. The molecule has 1 aliphatic heterocycles. The number of carbonyl (C=O) groups excluding carboxylic acids is 3. The molecule has 0 aromatic heterocycles. The molecular formula is C21H20N2O4S. The van der Waals surface area contributed by atoms with Crippen LogP contribution in [0.4, 0.5) is 11.4 Å². The van der Waals surface area contributed by atoms with Crippen molar-refractivity contribution in [2.45, 2.75) is 16.6 Å². The molecule has 28 heavy (non-hydrogen) atoms. The third-order valence-corrected chi connectivity index (χ3v) is 5.37. The van der Waals surface area contributed by atoms with E-state index in [2.05, 4.69) is 11.9 Å². The molecule has 0 bridgehead atoms. The Kier molecular flexibility index (Phi) is 6.49. The first-order valence-electron chi connectivity index (χ1n) is 8.77. The fourth-order valence-corrected chi connectivity index (χ4v) is 3.84. The molecule has 0 spiro atoms. The van der Waals surface area contributed by atoms with Gasteiger partial charge in [0.15, 0.2) is 6.61 Å². The summed E-state index contributed by atoms with van der Waals surface area (Å²) < 4.78 is 5.13. The monoisotopic (exact) mass is 396 g/mol. The summed E-state index contributed by atoms with van der Waals surface area (Å²) in [6.45, 7) is 3.57. The molecule has 1 N–H and O–H groups in total. The predicted molar refractivity (Wildman–Crippen MR) is 109 cm³/mol. The molecular weight excluding hydrogens is 376 g/mol. The number of rotatable bonds is 7. The lowest BCUT2D eigenvalue weighted by Gasteiger charge is -2.24. The summed E-state index contributed by atoms with van der Waals surface area (Å²) in [6, 6.07) is 16.5. The maximum atomic E-state index is 12.5. The second-order valence-electron chi connectivity index (χ2n) is 6.09. The molecule has 0 saturated heterocycles. The number of anilines is 2. The Hall–Kier alpha value is -3.06. The largest absolute Gasteiger partial charge is 0.456 e. The summed E-state index contributed by atoms with van der Waals surface area (Å²) in [6.07, 6.45) is 1.50. The Bertz CT molecular complexity index is 885. The molecule has 3 rings (SSSR count). The molecule has 2 amide bonds. The molecule has 0 unspecified atom stereocenters. The van der Waals surface area contributed by atoms with Crippen LogP contribution >= 0.6 is 11.8 Å². The van der Waals surface area contributed by atoms with Gasteiger partial charge < -0.3 is 15.0 Å². The van der Waals surface area contributed by atoms with E-state index in [1.807, 2.05) is 42.5 Å². The zero-order chi connectivity index (χ0) is 19.9. The fourth-order valence-electron chi connectivity index (χ4n) is 2.75. The summed E-state index contributed by atoms with van der Waals surface area (Å²) in [7, 11) is 0. The SMILES string of the molecule is C=CCN(C(=O)COC(=O)C[C@@H]1Sc2ccccc2NC1=O)c1ccccc1. The number of benzene rings is 2. The average Bonchev–Trinajstić information content (AvgIpc) is 2.71. The number of hydrogen-bond acceptors (Lipinski definition) is 5. The average molecular weight is 396 g/mol. The minimum absolute atomic E-state index is 0.106. The first-order chi connectivity index (χ1) is 13.6. The Morgan fingerprint density at radius 3 is 2.61 bits per heavy atom. The first kappa shape index (κ1) is 19.7. The summed E-state index contributed by atoms with van der Waals surface area (Å²) >= 11 is 1.32. The number of para-hydroxylation sites is 2. The molecule has 1 atom stereocenters. The van der Waals surface area contributed by atoms with E-state index in [0.29, 0.717) is 12.2 Å². The number of carbonyl (C=O) groups is 3. The highest BCUT2D eigenvalue weighted by atomic mass is 32.2. The van der Waals surface area contributed by atoms with Gasteiger partial charge in [-0.25, -0.2) is 0 Å². The third kappa shape index (κ3) is 4.80. The molecule has 1 aliphatic rings. The Balaban J connectivity index is 1.55. The molecule has 6 nitrogen and oxygen atoms in total. The van der Waals surface area contributed by atoms with E-state index in [1.165, 1.54) is 16.7 Å². The summed E-state index contributed by atoms with van der Waals surface area (Å²) in [5.74, 6) is -1.19. The number of fused-ring (bicyclic) bond motifs is 1. The number of nitrogens with one attached hydrogen (secondary N) is 1. The predicted octanol–water partition coefficient (Wildman–Crippen LogP) is 3.25. The molecule has 0 radical (unpaired) electrons. The maximum absolute atomic E-state index is 12.5. The van der Waals surface area contributed by atoms with Crippen molar-refractivity contribution >= 4 is 40.9 Å². The van der Waals surface area contributed by atoms with Gasteiger partial charge in [-0.3, -0.25) is 14.4 Å². The van der Waals surface area contributed by atoms with E-state index >= 15 is 0 Å². The van der Waals surface area contributed by atoms with Crippen LogP contribution in [0.1, 0.15) is 6.42 Å². The molecule has 2 aromatic rings.